The molecule has 96 valence electrons. The lowest BCUT2D eigenvalue weighted by Crippen LogP contribution is -1.85. The van der Waals surface area contributed by atoms with Gasteiger partial charge in [0.05, 0.1) is 13.2 Å². The lowest BCUT2D eigenvalue weighted by atomic mass is 10.1. The van der Waals surface area contributed by atoms with Crippen molar-refractivity contribution in [2.24, 2.45) is 0 Å². The van der Waals surface area contributed by atoms with E-state index in [1.807, 2.05) is 0 Å². The van der Waals surface area contributed by atoms with Crippen molar-refractivity contribution in [1.29, 1.82) is 0 Å². The molecule has 4 heteroatoms. The van der Waals surface area contributed by atoms with Crippen molar-refractivity contribution in [1.82, 2.24) is 0 Å². The van der Waals surface area contributed by atoms with E-state index in [4.69, 9.17) is 15.3 Å². The Bertz CT molecular complexity index is 407. The third-order valence-corrected chi connectivity index (χ3v) is 2.74. The summed E-state index contributed by atoms with van der Waals surface area (Å²) in [6, 6.07) is 14.0. The molecule has 0 aliphatic rings. The monoisotopic (exact) mass is 310 g/mol. The molecule has 0 saturated carbocycles. The van der Waals surface area contributed by atoms with Gasteiger partial charge in [-0.25, -0.2) is 0 Å². The molecule has 0 unspecified atom stereocenters. The maximum absolute atomic E-state index is 8.74. The number of hydrogen-bond acceptors (Lipinski definition) is 3. The van der Waals surface area contributed by atoms with Crippen molar-refractivity contribution in [3.63, 3.8) is 0 Å². The number of phenolic OH excluding ortho intramolecular Hbond substituents is 1. The van der Waals surface area contributed by atoms with Crippen LogP contribution in [0.25, 0.3) is 0 Å². The zero-order valence-corrected chi connectivity index (χ0v) is 11.3. The molecule has 2 rings (SSSR count). The van der Waals surface area contributed by atoms with Gasteiger partial charge in [0.15, 0.2) is 0 Å². The predicted octanol–water partition coefficient (Wildman–Crippen LogP) is 2.83. The van der Waals surface area contributed by atoms with Crippen LogP contribution in [-0.4, -0.2) is 15.3 Å². The minimum Gasteiger partial charge on any atom is -0.508 e. The average molecular weight is 311 g/mol. The standard InChI is InChI=1S/C8H10O2.C6H5BrO/c9-5-7-1-2-8(6-10)4-3-7;7-5-1-3-6(8)4-2-5/h1-4,9-10H,5-6H2;1-4,8H. The summed E-state index contributed by atoms with van der Waals surface area (Å²) >= 11 is 3.23. The highest BCUT2D eigenvalue weighted by Gasteiger charge is 1.89. The number of benzene rings is 2. The van der Waals surface area contributed by atoms with E-state index < -0.39 is 0 Å². The predicted molar refractivity (Wildman–Crippen MR) is 74.1 cm³/mol. The van der Waals surface area contributed by atoms with E-state index in [-0.39, 0.29) is 13.2 Å². The van der Waals surface area contributed by atoms with E-state index in [1.54, 1.807) is 48.5 Å². The van der Waals surface area contributed by atoms with Crippen LogP contribution in [0.15, 0.2) is 53.0 Å². The van der Waals surface area contributed by atoms with Crippen LogP contribution in [0, 0.1) is 0 Å². The summed E-state index contributed by atoms with van der Waals surface area (Å²) in [5.41, 5.74) is 1.74. The SMILES string of the molecule is OCc1ccc(CO)cc1.Oc1ccc(Br)cc1. The molecule has 0 saturated heterocycles. The van der Waals surface area contributed by atoms with Gasteiger partial charge in [-0.3, -0.25) is 0 Å². The van der Waals surface area contributed by atoms with Gasteiger partial charge in [-0.05, 0) is 35.4 Å². The van der Waals surface area contributed by atoms with Gasteiger partial charge in [0.2, 0.25) is 0 Å². The van der Waals surface area contributed by atoms with Crippen LogP contribution in [0.2, 0.25) is 0 Å². The minimum atomic E-state index is 0.0612. The summed E-state index contributed by atoms with van der Waals surface area (Å²) in [7, 11) is 0. The fraction of sp³-hybridized carbons (Fsp3) is 0.143. The molecule has 18 heavy (non-hydrogen) atoms. The quantitative estimate of drug-likeness (QED) is 0.799. The van der Waals surface area contributed by atoms with Crippen molar-refractivity contribution in [3.8, 4) is 5.75 Å². The number of aromatic hydroxyl groups is 1. The molecule has 0 heterocycles. The third-order valence-electron chi connectivity index (χ3n) is 2.21. The second-order valence-corrected chi connectivity index (χ2v) is 4.52. The first-order valence-corrected chi connectivity index (χ1v) is 6.19. The van der Waals surface area contributed by atoms with Crippen LogP contribution in [0.3, 0.4) is 0 Å². The lowest BCUT2D eigenvalue weighted by molar-refractivity contribution is 0.278. The van der Waals surface area contributed by atoms with Gasteiger partial charge in [-0.2, -0.15) is 0 Å². The number of phenols is 1. The summed E-state index contributed by atoms with van der Waals surface area (Å²) in [6.45, 7) is 0.122. The number of rotatable bonds is 2. The van der Waals surface area contributed by atoms with Crippen molar-refractivity contribution in [3.05, 3.63) is 64.1 Å². The Balaban J connectivity index is 0.000000184. The Hall–Kier alpha value is -1.36. The van der Waals surface area contributed by atoms with Crippen molar-refractivity contribution in [2.45, 2.75) is 13.2 Å². The van der Waals surface area contributed by atoms with Gasteiger partial charge in [0.1, 0.15) is 5.75 Å². The fourth-order valence-corrected chi connectivity index (χ4v) is 1.46. The molecular formula is C14H15BrO3. The second-order valence-electron chi connectivity index (χ2n) is 3.61. The zero-order valence-electron chi connectivity index (χ0n) is 9.75. The van der Waals surface area contributed by atoms with Crippen LogP contribution >= 0.6 is 15.9 Å². The molecule has 2 aromatic rings. The molecular weight excluding hydrogens is 296 g/mol. The van der Waals surface area contributed by atoms with Gasteiger partial charge in [0.25, 0.3) is 0 Å². The molecule has 0 atom stereocenters. The van der Waals surface area contributed by atoms with Crippen LogP contribution < -0.4 is 0 Å². The Labute approximate surface area is 114 Å². The molecule has 0 aliphatic heterocycles. The Morgan fingerprint density at radius 2 is 1.11 bits per heavy atom. The summed E-state index contributed by atoms with van der Waals surface area (Å²) < 4.78 is 0.982. The molecule has 0 spiro atoms. The first-order chi connectivity index (χ1) is 8.65. The average Bonchev–Trinajstić information content (AvgIpc) is 2.43. The molecule has 3 N–H and O–H groups in total. The molecule has 0 aromatic heterocycles. The first kappa shape index (κ1) is 14.7. The number of halogens is 1. The van der Waals surface area contributed by atoms with E-state index in [0.29, 0.717) is 5.75 Å². The van der Waals surface area contributed by atoms with Gasteiger partial charge in [-0.15, -0.1) is 0 Å². The highest BCUT2D eigenvalue weighted by Crippen LogP contribution is 2.13. The first-order valence-electron chi connectivity index (χ1n) is 5.39. The van der Waals surface area contributed by atoms with E-state index in [9.17, 15) is 0 Å². The van der Waals surface area contributed by atoms with Crippen LogP contribution in [0.5, 0.6) is 5.75 Å². The molecule has 0 bridgehead atoms. The topological polar surface area (TPSA) is 60.7 Å². The summed E-state index contributed by atoms with van der Waals surface area (Å²) in [5, 5.41) is 26.0. The number of aliphatic hydroxyl groups is 2. The van der Waals surface area contributed by atoms with Crippen molar-refractivity contribution in [2.75, 3.05) is 0 Å². The summed E-state index contributed by atoms with van der Waals surface area (Å²) in [4.78, 5) is 0. The van der Waals surface area contributed by atoms with Crippen molar-refractivity contribution >= 4 is 15.9 Å². The Morgan fingerprint density at radius 3 is 1.39 bits per heavy atom. The summed E-state index contributed by atoms with van der Waals surface area (Å²) in [5.74, 6) is 0.299. The molecule has 0 aliphatic carbocycles. The van der Waals surface area contributed by atoms with Gasteiger partial charge >= 0.3 is 0 Å². The minimum absolute atomic E-state index is 0.0612. The summed E-state index contributed by atoms with van der Waals surface area (Å²) in [6.07, 6.45) is 0. The lowest BCUT2D eigenvalue weighted by Gasteiger charge is -1.96. The normalized spacial score (nSPS) is 9.50. The largest absolute Gasteiger partial charge is 0.508 e. The molecule has 3 nitrogen and oxygen atoms in total. The van der Waals surface area contributed by atoms with E-state index in [1.165, 1.54) is 0 Å². The van der Waals surface area contributed by atoms with Crippen LogP contribution in [-0.2, 0) is 13.2 Å². The van der Waals surface area contributed by atoms with Crippen LogP contribution in [0.4, 0.5) is 0 Å². The third kappa shape index (κ3) is 5.31. The second kappa shape index (κ2) is 7.87. The van der Waals surface area contributed by atoms with E-state index in [2.05, 4.69) is 15.9 Å². The smallest absolute Gasteiger partial charge is 0.115 e. The molecule has 0 amide bonds. The Morgan fingerprint density at radius 1 is 0.722 bits per heavy atom. The van der Waals surface area contributed by atoms with E-state index in [0.717, 1.165) is 15.6 Å². The maximum atomic E-state index is 8.74. The fourth-order valence-electron chi connectivity index (χ4n) is 1.19. The van der Waals surface area contributed by atoms with Gasteiger partial charge in [-0.1, -0.05) is 40.2 Å². The maximum Gasteiger partial charge on any atom is 0.115 e. The molecule has 2 aromatic carbocycles. The van der Waals surface area contributed by atoms with Gasteiger partial charge in [0, 0.05) is 4.47 Å². The number of aliphatic hydroxyl groups excluding tert-OH is 2. The highest BCUT2D eigenvalue weighted by atomic mass is 79.9. The van der Waals surface area contributed by atoms with Crippen molar-refractivity contribution < 1.29 is 15.3 Å². The zero-order chi connectivity index (χ0) is 13.4. The van der Waals surface area contributed by atoms with Crippen LogP contribution in [0.1, 0.15) is 11.1 Å². The molecule has 0 fully saturated rings. The number of hydrogen-bond donors (Lipinski definition) is 3. The Kier molecular flexibility index (Phi) is 6.43. The highest BCUT2D eigenvalue weighted by molar-refractivity contribution is 9.10. The molecule has 0 radical (unpaired) electrons. The van der Waals surface area contributed by atoms with Gasteiger partial charge < -0.3 is 15.3 Å². The van der Waals surface area contributed by atoms with E-state index >= 15 is 0 Å².